The fourth-order valence-corrected chi connectivity index (χ4v) is 1.85. The van der Waals surface area contributed by atoms with Crippen molar-refractivity contribution in [2.75, 3.05) is 7.11 Å². The molecule has 10 nitrogen and oxygen atoms in total. The molecule has 0 bridgehead atoms. The molecule has 1 aromatic heterocycles. The predicted molar refractivity (Wildman–Crippen MR) is 79.2 cm³/mol. The van der Waals surface area contributed by atoms with Crippen molar-refractivity contribution in [3.8, 4) is 5.75 Å². The number of aliphatic carboxylic acids is 1. The Kier molecular flexibility index (Phi) is 7.21. The van der Waals surface area contributed by atoms with E-state index in [0.29, 0.717) is 6.21 Å². The Hall–Kier alpha value is -3.10. The van der Waals surface area contributed by atoms with Crippen molar-refractivity contribution < 1.29 is 34.1 Å². The lowest BCUT2D eigenvalue weighted by atomic mass is 10.1. The number of rotatable bonds is 9. The van der Waals surface area contributed by atoms with Gasteiger partial charge in [-0.05, 0) is 12.5 Å². The molecule has 10 heteroatoms. The number of Topliss-reactive ketones (excluding diaryl/α,β-unsaturated/α-hetero) is 1. The number of aromatic nitrogens is 1. The van der Waals surface area contributed by atoms with Crippen LogP contribution in [0.5, 0.6) is 5.75 Å². The van der Waals surface area contributed by atoms with Gasteiger partial charge in [0.05, 0.1) is 13.3 Å². The van der Waals surface area contributed by atoms with Crippen molar-refractivity contribution in [2.24, 2.45) is 0 Å². The molecular formula is C14H16N4O6. The molecule has 0 aliphatic carbocycles. The topological polar surface area (TPSA) is 162 Å². The second kappa shape index (κ2) is 9.13. The van der Waals surface area contributed by atoms with Gasteiger partial charge in [0.25, 0.3) is 5.91 Å². The molecule has 24 heavy (non-hydrogen) atoms. The highest BCUT2D eigenvalue weighted by Gasteiger charge is 2.27. The molecule has 0 saturated carbocycles. The fraction of sp³-hybridized carbons (Fsp3) is 0.357. The molecular weight excluding hydrogens is 320 g/mol. The van der Waals surface area contributed by atoms with Gasteiger partial charge in [-0.25, -0.2) is 4.79 Å². The van der Waals surface area contributed by atoms with E-state index < -0.39 is 29.8 Å². The van der Waals surface area contributed by atoms with Crippen LogP contribution in [-0.4, -0.2) is 57.0 Å². The minimum Gasteiger partial charge on any atom is -0.495 e. The largest absolute Gasteiger partial charge is 0.495 e. The van der Waals surface area contributed by atoms with Gasteiger partial charge >= 0.3 is 12.2 Å². The summed E-state index contributed by atoms with van der Waals surface area (Å²) in [6.45, 7) is 0. The molecule has 0 aliphatic heterocycles. The smallest absolute Gasteiger partial charge is 0.326 e. The third kappa shape index (κ3) is 5.27. The summed E-state index contributed by atoms with van der Waals surface area (Å²) < 4.78 is 4.97. The number of aliphatic hydroxyl groups excluding tert-OH is 1. The van der Waals surface area contributed by atoms with Gasteiger partial charge in [-0.2, -0.15) is 4.79 Å². The first-order valence-electron chi connectivity index (χ1n) is 6.80. The first-order valence-corrected chi connectivity index (χ1v) is 6.80. The first-order chi connectivity index (χ1) is 11.4. The normalized spacial score (nSPS) is 12.4. The highest BCUT2D eigenvalue weighted by Crippen LogP contribution is 2.23. The predicted octanol–water partition coefficient (Wildman–Crippen LogP) is -0.657. The molecule has 1 rings (SSSR count). The summed E-state index contributed by atoms with van der Waals surface area (Å²) in [5, 5.41) is 21.3. The highest BCUT2D eigenvalue weighted by atomic mass is 16.5. The summed E-state index contributed by atoms with van der Waals surface area (Å²) in [6, 6.07) is -0.0314. The van der Waals surface area contributed by atoms with Crippen LogP contribution in [0.1, 0.15) is 24.5 Å². The third-order valence-corrected chi connectivity index (χ3v) is 3.08. The van der Waals surface area contributed by atoms with E-state index in [1.54, 1.807) is 0 Å². The monoisotopic (exact) mass is 336 g/mol. The Morgan fingerprint density at radius 3 is 2.79 bits per heavy atom. The molecule has 0 radical (unpaired) electrons. The van der Waals surface area contributed by atoms with E-state index in [2.05, 4.69) is 15.1 Å². The molecule has 0 spiro atoms. The third-order valence-electron chi connectivity index (χ3n) is 3.08. The number of carbonyl (C=O) groups excluding carboxylic acids is 2. The molecule has 1 aromatic rings. The van der Waals surface area contributed by atoms with Gasteiger partial charge in [0.1, 0.15) is 11.8 Å². The molecule has 0 fully saturated rings. The van der Waals surface area contributed by atoms with Crippen LogP contribution in [0.2, 0.25) is 0 Å². The fourth-order valence-electron chi connectivity index (χ4n) is 1.85. The highest BCUT2D eigenvalue weighted by molar-refractivity contribution is 6.25. The van der Waals surface area contributed by atoms with Crippen molar-refractivity contribution in [3.63, 3.8) is 0 Å². The number of carboxylic acid groups (broad SMARTS) is 1. The maximum atomic E-state index is 12.0. The number of ketones is 1. The molecule has 3 N–H and O–H groups in total. The lowest BCUT2D eigenvalue weighted by molar-refractivity contribution is -0.143. The number of pyridine rings is 1. The number of carbonyl (C=O) groups is 3. The van der Waals surface area contributed by atoms with Gasteiger partial charge in [-0.15, -0.1) is 0 Å². The van der Waals surface area contributed by atoms with Gasteiger partial charge < -0.3 is 25.8 Å². The van der Waals surface area contributed by atoms with E-state index in [9.17, 15) is 19.5 Å². The van der Waals surface area contributed by atoms with Crippen LogP contribution >= 0.6 is 0 Å². The van der Waals surface area contributed by atoms with Crippen LogP contribution in [-0.2, 0) is 14.4 Å². The van der Waals surface area contributed by atoms with Crippen LogP contribution in [0.3, 0.4) is 0 Å². The second-order valence-corrected chi connectivity index (χ2v) is 4.67. The molecule has 128 valence electrons. The minimum absolute atomic E-state index is 0.123. The maximum absolute atomic E-state index is 12.0. The van der Waals surface area contributed by atoms with E-state index >= 15 is 0 Å². The number of hydrogen-bond acceptors (Lipinski definition) is 6. The van der Waals surface area contributed by atoms with E-state index in [0.717, 1.165) is 0 Å². The van der Waals surface area contributed by atoms with E-state index in [1.165, 1.54) is 25.6 Å². The minimum atomic E-state index is -1.67. The molecule has 1 amide bonds. The van der Waals surface area contributed by atoms with Crippen LogP contribution in [0.25, 0.3) is 5.53 Å². The van der Waals surface area contributed by atoms with Gasteiger partial charge in [0, 0.05) is 18.2 Å². The second-order valence-electron chi connectivity index (χ2n) is 4.67. The summed E-state index contributed by atoms with van der Waals surface area (Å²) in [4.78, 5) is 40.7. The number of aliphatic hydroxyl groups is 1. The van der Waals surface area contributed by atoms with Gasteiger partial charge in [0.15, 0.2) is 6.10 Å². The summed E-state index contributed by atoms with van der Waals surface area (Å²) >= 11 is 0. The van der Waals surface area contributed by atoms with E-state index in [-0.39, 0.29) is 24.2 Å². The van der Waals surface area contributed by atoms with Gasteiger partial charge in [0.2, 0.25) is 5.78 Å². The number of carboxylic acids is 1. The Balaban J connectivity index is 2.79. The zero-order chi connectivity index (χ0) is 18.1. The van der Waals surface area contributed by atoms with Crippen molar-refractivity contribution in [1.82, 2.24) is 10.3 Å². The average molecular weight is 336 g/mol. The van der Waals surface area contributed by atoms with Gasteiger partial charge in [-0.3, -0.25) is 14.6 Å². The van der Waals surface area contributed by atoms with E-state index in [4.69, 9.17) is 15.4 Å². The molecule has 0 aliphatic rings. The number of nitrogens with zero attached hydrogens (tertiary/aromatic N) is 3. The number of nitrogens with one attached hydrogen (secondary N) is 1. The Morgan fingerprint density at radius 2 is 2.21 bits per heavy atom. The zero-order valence-electron chi connectivity index (χ0n) is 12.7. The summed E-state index contributed by atoms with van der Waals surface area (Å²) in [7, 11) is 1.33. The van der Waals surface area contributed by atoms with Crippen LogP contribution < -0.4 is 10.1 Å². The van der Waals surface area contributed by atoms with Crippen molar-refractivity contribution in [3.05, 3.63) is 29.6 Å². The molecule has 0 saturated heterocycles. The SMILES string of the molecule is COc1cnccc1[C@H](O)C(=O)N[C@@H](CCC(=O)C=[N+]=[N-])C(=O)O. The van der Waals surface area contributed by atoms with E-state index in [1.807, 2.05) is 0 Å². The molecule has 0 aromatic carbocycles. The summed E-state index contributed by atoms with van der Waals surface area (Å²) in [5.41, 5.74) is 8.34. The van der Waals surface area contributed by atoms with Crippen molar-refractivity contribution >= 4 is 23.9 Å². The summed E-state index contributed by atoms with van der Waals surface area (Å²) in [5.74, 6) is -2.77. The summed E-state index contributed by atoms with van der Waals surface area (Å²) in [6.07, 6.45) is 1.13. The standard InChI is InChI=1S/C14H16N4O6/c1-24-11-7-16-5-4-9(11)12(20)13(21)18-10(14(22)23)3-2-8(19)6-17-15/h4-7,10,12,20H,2-3H2,1H3,(H,18,21)(H,22,23)/t10-,12-/m0/s1. The Labute approximate surface area is 136 Å². The first kappa shape index (κ1) is 18.9. The van der Waals surface area contributed by atoms with Crippen molar-refractivity contribution in [1.29, 1.82) is 0 Å². The molecule has 2 atom stereocenters. The number of methoxy groups -OCH3 is 1. The maximum Gasteiger partial charge on any atom is 0.326 e. The zero-order valence-corrected chi connectivity index (χ0v) is 12.7. The average Bonchev–Trinajstić information content (AvgIpc) is 2.57. The number of amides is 1. The van der Waals surface area contributed by atoms with Crippen LogP contribution in [0.15, 0.2) is 18.5 Å². The number of ether oxygens (including phenoxy) is 1. The lowest BCUT2D eigenvalue weighted by Crippen LogP contribution is -2.43. The molecule has 0 unspecified atom stereocenters. The Bertz CT molecular complexity index is 671. The van der Waals surface area contributed by atoms with Crippen molar-refractivity contribution in [2.45, 2.75) is 25.0 Å². The number of hydrogen-bond donors (Lipinski definition) is 3. The van der Waals surface area contributed by atoms with Crippen LogP contribution in [0, 0.1) is 0 Å². The Morgan fingerprint density at radius 1 is 1.50 bits per heavy atom. The lowest BCUT2D eigenvalue weighted by Gasteiger charge is -2.18. The van der Waals surface area contributed by atoms with Crippen LogP contribution in [0.4, 0.5) is 0 Å². The van der Waals surface area contributed by atoms with Gasteiger partial charge in [-0.1, -0.05) is 0 Å². The molecule has 1 heterocycles. The quantitative estimate of drug-likeness (QED) is 0.306.